The number of nitrogens with one attached hydrogen (secondary N) is 1. The van der Waals surface area contributed by atoms with Crippen molar-refractivity contribution >= 4 is 0 Å². The van der Waals surface area contributed by atoms with Gasteiger partial charge in [0.15, 0.2) is 0 Å². The van der Waals surface area contributed by atoms with Gasteiger partial charge < -0.3 is 5.32 Å². The highest BCUT2D eigenvalue weighted by Gasteiger charge is 2.30. The van der Waals surface area contributed by atoms with Gasteiger partial charge in [0.2, 0.25) is 0 Å². The topological polar surface area (TPSA) is 12.0 Å². The van der Waals surface area contributed by atoms with E-state index in [2.05, 4.69) is 43.4 Å². The maximum Gasteiger partial charge on any atom is -0.00178 e. The second-order valence-corrected chi connectivity index (χ2v) is 5.43. The van der Waals surface area contributed by atoms with E-state index >= 15 is 0 Å². The van der Waals surface area contributed by atoms with Gasteiger partial charge in [-0.3, -0.25) is 0 Å². The molecule has 0 bridgehead atoms. The molecule has 1 saturated carbocycles. The van der Waals surface area contributed by atoms with E-state index in [1.165, 1.54) is 44.3 Å². The summed E-state index contributed by atoms with van der Waals surface area (Å²) in [7, 11) is 0. The highest BCUT2D eigenvalue weighted by Crippen LogP contribution is 2.36. The number of rotatable bonds is 6. The van der Waals surface area contributed by atoms with Crippen LogP contribution in [0, 0.1) is 18.8 Å². The number of hydrogen-bond acceptors (Lipinski definition) is 1. The average molecular weight is 231 g/mol. The van der Waals surface area contributed by atoms with Crippen molar-refractivity contribution < 1.29 is 0 Å². The van der Waals surface area contributed by atoms with Gasteiger partial charge >= 0.3 is 0 Å². The molecule has 1 aliphatic rings. The molecule has 0 aromatic heterocycles. The third kappa shape index (κ3) is 3.32. The second kappa shape index (κ2) is 6.20. The lowest BCUT2D eigenvalue weighted by Crippen LogP contribution is -2.36. The predicted octanol–water partition coefficient (Wildman–Crippen LogP) is 3.56. The van der Waals surface area contributed by atoms with Crippen LogP contribution in [0.25, 0.3) is 0 Å². The zero-order valence-corrected chi connectivity index (χ0v) is 11.2. The second-order valence-electron chi connectivity index (χ2n) is 5.43. The summed E-state index contributed by atoms with van der Waals surface area (Å²) in [5.74, 6) is 1.83. The summed E-state index contributed by atoms with van der Waals surface area (Å²) in [6.45, 7) is 6.87. The summed E-state index contributed by atoms with van der Waals surface area (Å²) < 4.78 is 0. The lowest BCUT2D eigenvalue weighted by atomic mass is 9.70. The molecule has 17 heavy (non-hydrogen) atoms. The molecule has 2 unspecified atom stereocenters. The third-order valence-corrected chi connectivity index (χ3v) is 4.15. The zero-order valence-electron chi connectivity index (χ0n) is 11.2. The van der Waals surface area contributed by atoms with E-state index < -0.39 is 0 Å². The van der Waals surface area contributed by atoms with Gasteiger partial charge in [0.1, 0.15) is 0 Å². The average Bonchev–Trinajstić information content (AvgIpc) is 2.32. The summed E-state index contributed by atoms with van der Waals surface area (Å²) in [6.07, 6.45) is 5.38. The van der Waals surface area contributed by atoms with Gasteiger partial charge in [-0.1, -0.05) is 31.2 Å². The summed E-state index contributed by atoms with van der Waals surface area (Å²) in [5, 5.41) is 3.57. The van der Waals surface area contributed by atoms with Crippen LogP contribution in [-0.4, -0.2) is 13.1 Å². The van der Waals surface area contributed by atoms with Crippen LogP contribution in [0.1, 0.15) is 37.3 Å². The van der Waals surface area contributed by atoms with Crippen molar-refractivity contribution in [1.82, 2.24) is 5.32 Å². The Kier molecular flexibility index (Phi) is 4.61. The lowest BCUT2D eigenvalue weighted by Gasteiger charge is -2.37. The van der Waals surface area contributed by atoms with Gasteiger partial charge in [-0.15, -0.1) is 0 Å². The van der Waals surface area contributed by atoms with Crippen molar-refractivity contribution in [3.05, 3.63) is 35.4 Å². The fraction of sp³-hybridized carbons (Fsp3) is 0.625. The molecule has 1 aliphatic carbocycles. The monoisotopic (exact) mass is 231 g/mol. The molecule has 0 amide bonds. The molecule has 2 rings (SSSR count). The van der Waals surface area contributed by atoms with Crippen LogP contribution < -0.4 is 5.32 Å². The largest absolute Gasteiger partial charge is 0.316 e. The van der Waals surface area contributed by atoms with E-state index in [0.29, 0.717) is 0 Å². The van der Waals surface area contributed by atoms with Gasteiger partial charge in [-0.25, -0.2) is 0 Å². The van der Waals surface area contributed by atoms with Gasteiger partial charge in [0.05, 0.1) is 0 Å². The Balaban J connectivity index is 1.81. The minimum absolute atomic E-state index is 0.917. The van der Waals surface area contributed by atoms with Crippen LogP contribution in [0.15, 0.2) is 24.3 Å². The van der Waals surface area contributed by atoms with Crippen molar-refractivity contribution in [2.45, 2.75) is 39.5 Å². The van der Waals surface area contributed by atoms with Gasteiger partial charge in [0, 0.05) is 0 Å². The maximum atomic E-state index is 3.57. The number of hydrogen-bond donors (Lipinski definition) is 1. The Morgan fingerprint density at radius 2 is 1.94 bits per heavy atom. The lowest BCUT2D eigenvalue weighted by molar-refractivity contribution is 0.171. The van der Waals surface area contributed by atoms with Crippen LogP contribution in [0.5, 0.6) is 0 Å². The third-order valence-electron chi connectivity index (χ3n) is 4.15. The van der Waals surface area contributed by atoms with Crippen LogP contribution in [0.3, 0.4) is 0 Å². The summed E-state index contributed by atoms with van der Waals surface area (Å²) in [4.78, 5) is 0. The summed E-state index contributed by atoms with van der Waals surface area (Å²) >= 11 is 0. The fourth-order valence-electron chi connectivity index (χ4n) is 2.76. The summed E-state index contributed by atoms with van der Waals surface area (Å²) in [6, 6.07) is 8.84. The molecule has 2 atom stereocenters. The van der Waals surface area contributed by atoms with E-state index in [4.69, 9.17) is 0 Å². The fourth-order valence-corrected chi connectivity index (χ4v) is 2.76. The van der Waals surface area contributed by atoms with Crippen LogP contribution in [-0.2, 0) is 6.42 Å². The predicted molar refractivity (Wildman–Crippen MR) is 74.3 cm³/mol. The summed E-state index contributed by atoms with van der Waals surface area (Å²) in [5.41, 5.74) is 3.01. The Hall–Kier alpha value is -0.820. The molecule has 0 radical (unpaired) electrons. The van der Waals surface area contributed by atoms with Gasteiger partial charge in [-0.2, -0.15) is 0 Å². The Bertz CT molecular complexity index is 345. The molecule has 0 saturated heterocycles. The Labute approximate surface area is 106 Å². The first-order valence-electron chi connectivity index (χ1n) is 7.06. The molecular weight excluding hydrogens is 206 g/mol. The minimum Gasteiger partial charge on any atom is -0.316 e. The van der Waals surface area contributed by atoms with E-state index in [9.17, 15) is 0 Å². The van der Waals surface area contributed by atoms with E-state index in [1.54, 1.807) is 5.56 Å². The first-order chi connectivity index (χ1) is 8.31. The Morgan fingerprint density at radius 3 is 2.59 bits per heavy atom. The van der Waals surface area contributed by atoms with Crippen molar-refractivity contribution in [3.63, 3.8) is 0 Å². The van der Waals surface area contributed by atoms with Crippen LogP contribution >= 0.6 is 0 Å². The molecule has 1 heteroatoms. The minimum atomic E-state index is 0.917. The number of benzene rings is 1. The van der Waals surface area contributed by atoms with E-state index in [-0.39, 0.29) is 0 Å². The molecule has 1 aromatic rings. The molecule has 1 fully saturated rings. The normalized spacial score (nSPS) is 23.4. The first kappa shape index (κ1) is 12.6. The standard InChI is InChI=1S/C16H25N/c1-3-10-17-12-16-9-8-15(16)11-14-7-5-4-6-13(14)2/h4-7,15-17H,3,8-12H2,1-2H3. The smallest absolute Gasteiger partial charge is 0.00178 e. The van der Waals surface area contributed by atoms with Crippen LogP contribution in [0.2, 0.25) is 0 Å². The highest BCUT2D eigenvalue weighted by atomic mass is 14.9. The SMILES string of the molecule is CCCNCC1CCC1Cc1ccccc1C. The molecule has 0 heterocycles. The maximum absolute atomic E-state index is 3.57. The van der Waals surface area contributed by atoms with Crippen molar-refractivity contribution in [2.24, 2.45) is 11.8 Å². The van der Waals surface area contributed by atoms with Crippen molar-refractivity contribution in [3.8, 4) is 0 Å². The molecule has 1 nitrogen and oxygen atoms in total. The van der Waals surface area contributed by atoms with Crippen LogP contribution in [0.4, 0.5) is 0 Å². The Morgan fingerprint density at radius 1 is 1.18 bits per heavy atom. The van der Waals surface area contributed by atoms with E-state index in [1.807, 2.05) is 0 Å². The molecule has 1 aromatic carbocycles. The first-order valence-corrected chi connectivity index (χ1v) is 7.06. The highest BCUT2D eigenvalue weighted by molar-refractivity contribution is 5.26. The van der Waals surface area contributed by atoms with Crippen molar-refractivity contribution in [1.29, 1.82) is 0 Å². The van der Waals surface area contributed by atoms with Gasteiger partial charge in [-0.05, 0) is 68.7 Å². The molecule has 0 spiro atoms. The van der Waals surface area contributed by atoms with Crippen molar-refractivity contribution in [2.75, 3.05) is 13.1 Å². The molecule has 94 valence electrons. The molecular formula is C16H25N. The van der Waals surface area contributed by atoms with Gasteiger partial charge in [0.25, 0.3) is 0 Å². The quantitative estimate of drug-likeness (QED) is 0.738. The molecule has 1 N–H and O–H groups in total. The zero-order chi connectivity index (χ0) is 12.1. The number of aryl methyl sites for hydroxylation is 1. The van der Waals surface area contributed by atoms with E-state index in [0.717, 1.165) is 11.8 Å². The molecule has 0 aliphatic heterocycles.